The Bertz CT molecular complexity index is 506. The van der Waals surface area contributed by atoms with Crippen molar-refractivity contribution in [2.75, 3.05) is 5.43 Å². The van der Waals surface area contributed by atoms with Crippen molar-refractivity contribution in [2.24, 2.45) is 5.84 Å². The minimum atomic E-state index is -0.242. The molecular formula is C11H11FN4S. The van der Waals surface area contributed by atoms with Crippen LogP contribution in [0.1, 0.15) is 5.82 Å². The number of nitrogen functional groups attached to an aromatic ring is 1. The molecule has 0 bridgehead atoms. The standard InChI is InChI=1S/C11H11FN4S/c12-8-2-1-3-9(6-8)17-7-11-14-5-4-10(15-11)16-13/h1-6H,7,13H2,(H,14,15,16). The Morgan fingerprint density at radius 3 is 3.00 bits per heavy atom. The molecule has 0 fully saturated rings. The number of aromatic nitrogens is 2. The molecule has 0 atom stereocenters. The maximum absolute atomic E-state index is 12.9. The second-order valence-corrected chi connectivity index (χ2v) is 4.30. The third kappa shape index (κ3) is 3.40. The summed E-state index contributed by atoms with van der Waals surface area (Å²) in [5, 5.41) is 0. The quantitative estimate of drug-likeness (QED) is 0.495. The summed E-state index contributed by atoms with van der Waals surface area (Å²) < 4.78 is 12.9. The van der Waals surface area contributed by atoms with E-state index in [9.17, 15) is 4.39 Å². The lowest BCUT2D eigenvalue weighted by atomic mass is 10.4. The van der Waals surface area contributed by atoms with E-state index >= 15 is 0 Å². The molecule has 0 spiro atoms. The largest absolute Gasteiger partial charge is 0.308 e. The van der Waals surface area contributed by atoms with Gasteiger partial charge in [0.05, 0.1) is 5.75 Å². The molecule has 0 saturated carbocycles. The first-order valence-corrected chi connectivity index (χ1v) is 5.93. The normalized spacial score (nSPS) is 10.2. The van der Waals surface area contributed by atoms with Gasteiger partial charge in [-0.2, -0.15) is 0 Å². The molecule has 3 N–H and O–H groups in total. The van der Waals surface area contributed by atoms with Gasteiger partial charge in [-0.15, -0.1) is 11.8 Å². The molecular weight excluding hydrogens is 239 g/mol. The molecule has 1 heterocycles. The number of nitrogens with zero attached hydrogens (tertiary/aromatic N) is 2. The molecule has 0 saturated heterocycles. The molecule has 2 rings (SSSR count). The fourth-order valence-electron chi connectivity index (χ4n) is 1.25. The summed E-state index contributed by atoms with van der Waals surface area (Å²) in [7, 11) is 0. The molecule has 0 aliphatic carbocycles. The maximum atomic E-state index is 12.9. The fourth-order valence-corrected chi connectivity index (χ4v) is 2.06. The monoisotopic (exact) mass is 250 g/mol. The van der Waals surface area contributed by atoms with Gasteiger partial charge in [-0.1, -0.05) is 6.07 Å². The smallest absolute Gasteiger partial charge is 0.143 e. The first-order valence-electron chi connectivity index (χ1n) is 4.95. The van der Waals surface area contributed by atoms with Crippen molar-refractivity contribution in [3.05, 3.63) is 48.2 Å². The lowest BCUT2D eigenvalue weighted by Gasteiger charge is -2.03. The summed E-state index contributed by atoms with van der Waals surface area (Å²) in [5.41, 5.74) is 2.45. The predicted octanol–water partition coefficient (Wildman–Crippen LogP) is 2.19. The lowest BCUT2D eigenvalue weighted by molar-refractivity contribution is 0.624. The topological polar surface area (TPSA) is 63.8 Å². The van der Waals surface area contributed by atoms with Crippen LogP contribution in [0.2, 0.25) is 0 Å². The second-order valence-electron chi connectivity index (χ2n) is 3.25. The van der Waals surface area contributed by atoms with Gasteiger partial charge >= 0.3 is 0 Å². The Balaban J connectivity index is 2.02. The Hall–Kier alpha value is -1.66. The molecule has 1 aromatic carbocycles. The molecule has 1 aromatic heterocycles. The van der Waals surface area contributed by atoms with E-state index in [-0.39, 0.29) is 5.82 Å². The van der Waals surface area contributed by atoms with Gasteiger partial charge < -0.3 is 5.43 Å². The van der Waals surface area contributed by atoms with Crippen LogP contribution < -0.4 is 11.3 Å². The first kappa shape index (κ1) is 11.8. The number of hydrogen-bond acceptors (Lipinski definition) is 5. The Kier molecular flexibility index (Phi) is 3.89. The summed E-state index contributed by atoms with van der Waals surface area (Å²) in [6.07, 6.45) is 1.63. The second kappa shape index (κ2) is 5.60. The SMILES string of the molecule is NNc1ccnc(CSc2cccc(F)c2)n1. The van der Waals surface area contributed by atoms with E-state index < -0.39 is 0 Å². The Morgan fingerprint density at radius 1 is 1.35 bits per heavy atom. The summed E-state index contributed by atoms with van der Waals surface area (Å²) >= 11 is 1.47. The minimum absolute atomic E-state index is 0.242. The highest BCUT2D eigenvalue weighted by Gasteiger charge is 2.01. The fraction of sp³-hybridized carbons (Fsp3) is 0.0909. The molecule has 0 unspecified atom stereocenters. The van der Waals surface area contributed by atoms with Gasteiger partial charge in [0.2, 0.25) is 0 Å². The molecule has 0 radical (unpaired) electrons. The van der Waals surface area contributed by atoms with Gasteiger partial charge in [0.1, 0.15) is 17.5 Å². The zero-order valence-corrected chi connectivity index (χ0v) is 9.75. The number of rotatable bonds is 4. The van der Waals surface area contributed by atoms with Gasteiger partial charge in [0.15, 0.2) is 0 Å². The third-order valence-corrected chi connectivity index (χ3v) is 3.01. The number of halogens is 1. The van der Waals surface area contributed by atoms with Crippen molar-refractivity contribution in [1.82, 2.24) is 9.97 Å². The number of hydrogen-bond donors (Lipinski definition) is 2. The zero-order chi connectivity index (χ0) is 12.1. The first-order chi connectivity index (χ1) is 8.28. The third-order valence-electron chi connectivity index (χ3n) is 2.02. The van der Waals surface area contributed by atoms with Crippen LogP contribution in [-0.2, 0) is 5.75 Å². The lowest BCUT2D eigenvalue weighted by Crippen LogP contribution is -2.09. The van der Waals surface area contributed by atoms with E-state index in [1.165, 1.54) is 23.9 Å². The van der Waals surface area contributed by atoms with Crippen LogP contribution >= 0.6 is 11.8 Å². The number of hydrazine groups is 1. The van der Waals surface area contributed by atoms with Crippen LogP contribution in [0.25, 0.3) is 0 Å². The van der Waals surface area contributed by atoms with E-state index in [0.29, 0.717) is 17.4 Å². The van der Waals surface area contributed by atoms with Crippen molar-refractivity contribution in [1.29, 1.82) is 0 Å². The van der Waals surface area contributed by atoms with Gasteiger partial charge in [-0.3, -0.25) is 0 Å². The highest BCUT2D eigenvalue weighted by molar-refractivity contribution is 7.98. The highest BCUT2D eigenvalue weighted by atomic mass is 32.2. The number of nitrogens with two attached hydrogens (primary N) is 1. The van der Waals surface area contributed by atoms with Crippen LogP contribution in [0.4, 0.5) is 10.2 Å². The van der Waals surface area contributed by atoms with Crippen LogP contribution in [0, 0.1) is 5.82 Å². The van der Waals surface area contributed by atoms with Crippen LogP contribution in [-0.4, -0.2) is 9.97 Å². The van der Waals surface area contributed by atoms with E-state index in [1.54, 1.807) is 18.3 Å². The molecule has 88 valence electrons. The average molecular weight is 250 g/mol. The van der Waals surface area contributed by atoms with Crippen LogP contribution in [0.15, 0.2) is 41.4 Å². The minimum Gasteiger partial charge on any atom is -0.308 e. The maximum Gasteiger partial charge on any atom is 0.143 e. The predicted molar refractivity (Wildman–Crippen MR) is 65.8 cm³/mol. The van der Waals surface area contributed by atoms with E-state index in [1.807, 2.05) is 6.07 Å². The zero-order valence-electron chi connectivity index (χ0n) is 8.93. The summed E-state index contributed by atoms with van der Waals surface area (Å²) in [6, 6.07) is 8.10. The molecule has 0 amide bonds. The summed E-state index contributed by atoms with van der Waals surface area (Å²) in [6.45, 7) is 0. The van der Waals surface area contributed by atoms with Crippen molar-refractivity contribution in [3.8, 4) is 0 Å². The van der Waals surface area contributed by atoms with Crippen LogP contribution in [0.3, 0.4) is 0 Å². The molecule has 0 aliphatic rings. The Morgan fingerprint density at radius 2 is 2.24 bits per heavy atom. The Labute approximate surface area is 102 Å². The van der Waals surface area contributed by atoms with Gasteiger partial charge in [0.25, 0.3) is 0 Å². The molecule has 0 aliphatic heterocycles. The van der Waals surface area contributed by atoms with Crippen molar-refractivity contribution in [2.45, 2.75) is 10.6 Å². The van der Waals surface area contributed by atoms with E-state index in [2.05, 4.69) is 15.4 Å². The van der Waals surface area contributed by atoms with Crippen molar-refractivity contribution >= 4 is 17.6 Å². The average Bonchev–Trinajstić information content (AvgIpc) is 2.37. The van der Waals surface area contributed by atoms with E-state index in [0.717, 1.165) is 4.90 Å². The molecule has 6 heteroatoms. The molecule has 17 heavy (non-hydrogen) atoms. The van der Waals surface area contributed by atoms with Gasteiger partial charge in [-0.05, 0) is 18.2 Å². The number of benzene rings is 1. The number of nitrogens with one attached hydrogen (secondary N) is 1. The molecule has 4 nitrogen and oxygen atoms in total. The van der Waals surface area contributed by atoms with Crippen LogP contribution in [0.5, 0.6) is 0 Å². The highest BCUT2D eigenvalue weighted by Crippen LogP contribution is 2.21. The van der Waals surface area contributed by atoms with Gasteiger partial charge in [-0.25, -0.2) is 20.2 Å². The van der Waals surface area contributed by atoms with Gasteiger partial charge in [0, 0.05) is 17.2 Å². The molecule has 2 aromatic rings. The number of anilines is 1. The summed E-state index contributed by atoms with van der Waals surface area (Å²) in [4.78, 5) is 9.12. The van der Waals surface area contributed by atoms with E-state index in [4.69, 9.17) is 5.84 Å². The number of thioether (sulfide) groups is 1. The van der Waals surface area contributed by atoms with Crippen molar-refractivity contribution in [3.63, 3.8) is 0 Å². The summed E-state index contributed by atoms with van der Waals surface area (Å²) in [5.74, 6) is 6.79. The van der Waals surface area contributed by atoms with Crippen molar-refractivity contribution < 1.29 is 4.39 Å².